The van der Waals surface area contributed by atoms with Crippen molar-refractivity contribution in [3.8, 4) is 0 Å². The summed E-state index contributed by atoms with van der Waals surface area (Å²) in [5, 5.41) is 12.2. The largest absolute Gasteiger partial charge is 0.411 e. The van der Waals surface area contributed by atoms with Gasteiger partial charge in [-0.05, 0) is 38.1 Å². The molecular formula is C14H13Cl2N3O2. The summed E-state index contributed by atoms with van der Waals surface area (Å²) < 4.78 is 0. The third kappa shape index (κ3) is 6.33. The summed E-state index contributed by atoms with van der Waals surface area (Å²) in [5.74, 6) is 0. The number of oxime groups is 1. The van der Waals surface area contributed by atoms with E-state index in [1.54, 1.807) is 25.1 Å². The number of hydrogen-bond acceptors (Lipinski definition) is 5. The Bertz CT molecular complexity index is 620. The molecule has 0 radical (unpaired) electrons. The van der Waals surface area contributed by atoms with Crippen LogP contribution in [0, 0.1) is 13.8 Å². The van der Waals surface area contributed by atoms with Crippen LogP contribution >= 0.6 is 23.2 Å². The summed E-state index contributed by atoms with van der Waals surface area (Å²) in [7, 11) is 0. The minimum Gasteiger partial charge on any atom is -0.411 e. The highest BCUT2D eigenvalue weighted by Gasteiger charge is 1.95. The summed E-state index contributed by atoms with van der Waals surface area (Å²) >= 11 is 11.3. The summed E-state index contributed by atoms with van der Waals surface area (Å²) in [4.78, 5) is 18.1. The second-order valence-electron chi connectivity index (χ2n) is 4.07. The highest BCUT2D eigenvalue weighted by atomic mass is 35.5. The van der Waals surface area contributed by atoms with Crippen LogP contribution in [0.3, 0.4) is 0 Å². The molecule has 0 aliphatic carbocycles. The van der Waals surface area contributed by atoms with Gasteiger partial charge in [-0.2, -0.15) is 0 Å². The monoisotopic (exact) mass is 325 g/mol. The Morgan fingerprint density at radius 2 is 1.48 bits per heavy atom. The van der Waals surface area contributed by atoms with Crippen LogP contribution in [0.4, 0.5) is 0 Å². The van der Waals surface area contributed by atoms with E-state index in [2.05, 4.69) is 15.1 Å². The molecule has 21 heavy (non-hydrogen) atoms. The van der Waals surface area contributed by atoms with Crippen molar-refractivity contribution >= 4 is 35.7 Å². The third-order valence-corrected chi connectivity index (χ3v) is 2.62. The minimum atomic E-state index is 0.380. The Labute approximate surface area is 132 Å². The molecule has 0 spiro atoms. The van der Waals surface area contributed by atoms with E-state index in [0.29, 0.717) is 27.7 Å². The van der Waals surface area contributed by atoms with E-state index in [1.807, 2.05) is 6.92 Å². The Balaban J connectivity index is 0.000000211. The zero-order valence-electron chi connectivity index (χ0n) is 11.4. The fourth-order valence-corrected chi connectivity index (χ4v) is 2.03. The van der Waals surface area contributed by atoms with Gasteiger partial charge in [-0.3, -0.25) is 14.8 Å². The van der Waals surface area contributed by atoms with Crippen LogP contribution < -0.4 is 0 Å². The summed E-state index contributed by atoms with van der Waals surface area (Å²) in [6.45, 7) is 3.61. The average molecular weight is 326 g/mol. The molecule has 0 amide bonds. The number of carbonyl (C=O) groups is 1. The zero-order chi connectivity index (χ0) is 15.8. The number of aldehydes is 1. The molecule has 1 N–H and O–H groups in total. The van der Waals surface area contributed by atoms with Gasteiger partial charge in [0.2, 0.25) is 0 Å². The molecule has 0 aromatic carbocycles. The molecule has 2 heterocycles. The highest BCUT2D eigenvalue weighted by Crippen LogP contribution is 2.10. The highest BCUT2D eigenvalue weighted by molar-refractivity contribution is 6.31. The predicted molar refractivity (Wildman–Crippen MR) is 82.7 cm³/mol. The van der Waals surface area contributed by atoms with Crippen molar-refractivity contribution in [2.75, 3.05) is 0 Å². The van der Waals surface area contributed by atoms with Gasteiger partial charge < -0.3 is 5.21 Å². The number of aryl methyl sites for hydroxylation is 2. The van der Waals surface area contributed by atoms with Crippen molar-refractivity contribution in [1.82, 2.24) is 9.97 Å². The maximum absolute atomic E-state index is 10.2. The van der Waals surface area contributed by atoms with E-state index in [-0.39, 0.29) is 0 Å². The first-order valence-corrected chi connectivity index (χ1v) is 6.61. The second kappa shape index (κ2) is 8.34. The number of hydrogen-bond donors (Lipinski definition) is 1. The minimum absolute atomic E-state index is 0.380. The molecule has 0 aliphatic heterocycles. The number of pyridine rings is 2. The molecule has 0 bridgehead atoms. The van der Waals surface area contributed by atoms with Gasteiger partial charge in [0.25, 0.3) is 0 Å². The lowest BCUT2D eigenvalue weighted by molar-refractivity contribution is 0.111. The van der Waals surface area contributed by atoms with Crippen LogP contribution in [0.1, 0.15) is 27.6 Å². The van der Waals surface area contributed by atoms with E-state index < -0.39 is 0 Å². The summed E-state index contributed by atoms with van der Waals surface area (Å²) in [5.41, 5.74) is 2.49. The van der Waals surface area contributed by atoms with Gasteiger partial charge in [-0.25, -0.2) is 0 Å². The van der Waals surface area contributed by atoms with Crippen LogP contribution in [-0.4, -0.2) is 27.7 Å². The van der Waals surface area contributed by atoms with Gasteiger partial charge >= 0.3 is 0 Å². The van der Waals surface area contributed by atoms with E-state index >= 15 is 0 Å². The number of halogens is 2. The lowest BCUT2D eigenvalue weighted by atomic mass is 10.3. The number of carbonyl (C=O) groups excluding carboxylic acids is 1. The van der Waals surface area contributed by atoms with Crippen molar-refractivity contribution in [3.05, 3.63) is 57.1 Å². The Kier molecular flexibility index (Phi) is 6.78. The predicted octanol–water partition coefficient (Wildman–Crippen LogP) is 3.71. The quantitative estimate of drug-likeness (QED) is 0.395. The van der Waals surface area contributed by atoms with Gasteiger partial charge in [0.05, 0.1) is 11.9 Å². The molecule has 0 aliphatic rings. The number of nitrogens with zero attached hydrogens (tertiary/aromatic N) is 3. The van der Waals surface area contributed by atoms with E-state index in [0.717, 1.165) is 11.4 Å². The van der Waals surface area contributed by atoms with Crippen LogP contribution in [-0.2, 0) is 0 Å². The molecule has 5 nitrogen and oxygen atoms in total. The van der Waals surface area contributed by atoms with Crippen LogP contribution in [0.25, 0.3) is 0 Å². The molecule has 0 unspecified atom stereocenters. The molecule has 0 atom stereocenters. The van der Waals surface area contributed by atoms with Gasteiger partial charge in [0.15, 0.2) is 6.29 Å². The fraction of sp³-hybridized carbons (Fsp3) is 0.143. The normalized spacial score (nSPS) is 10.1. The maximum Gasteiger partial charge on any atom is 0.168 e. The van der Waals surface area contributed by atoms with Gasteiger partial charge in [-0.1, -0.05) is 28.4 Å². The van der Waals surface area contributed by atoms with Crippen LogP contribution in [0.2, 0.25) is 10.0 Å². The topological polar surface area (TPSA) is 75.4 Å². The lowest BCUT2D eigenvalue weighted by Gasteiger charge is -1.95. The van der Waals surface area contributed by atoms with E-state index in [1.165, 1.54) is 12.3 Å². The fourth-order valence-electron chi connectivity index (χ4n) is 1.49. The van der Waals surface area contributed by atoms with Gasteiger partial charge in [-0.15, -0.1) is 0 Å². The molecule has 0 saturated carbocycles. The number of aromatic nitrogens is 2. The Morgan fingerprint density at radius 1 is 1.00 bits per heavy atom. The molecule has 2 rings (SSSR count). The Hall–Kier alpha value is -1.98. The molecule has 2 aromatic rings. The SMILES string of the molecule is Cc1cc(Cl)cc(/C=N/O)n1.Cc1cc(Cl)cc(C=O)n1. The van der Waals surface area contributed by atoms with Gasteiger partial charge in [0.1, 0.15) is 5.69 Å². The zero-order valence-corrected chi connectivity index (χ0v) is 12.9. The first kappa shape index (κ1) is 17.1. The van der Waals surface area contributed by atoms with Crippen molar-refractivity contribution in [1.29, 1.82) is 0 Å². The number of rotatable bonds is 2. The third-order valence-electron chi connectivity index (χ3n) is 2.19. The molecule has 2 aromatic heterocycles. The smallest absolute Gasteiger partial charge is 0.168 e. The molecule has 0 fully saturated rings. The maximum atomic E-state index is 10.2. The van der Waals surface area contributed by atoms with Crippen molar-refractivity contribution in [3.63, 3.8) is 0 Å². The lowest BCUT2D eigenvalue weighted by Crippen LogP contribution is -1.89. The van der Waals surface area contributed by atoms with E-state index in [4.69, 9.17) is 28.4 Å². The molecule has 110 valence electrons. The summed E-state index contributed by atoms with van der Waals surface area (Å²) in [6.07, 6.45) is 1.91. The van der Waals surface area contributed by atoms with Crippen molar-refractivity contribution < 1.29 is 10.0 Å². The van der Waals surface area contributed by atoms with Crippen LogP contribution in [0.15, 0.2) is 29.4 Å². The van der Waals surface area contributed by atoms with Crippen molar-refractivity contribution in [2.45, 2.75) is 13.8 Å². The first-order valence-electron chi connectivity index (χ1n) is 5.85. The first-order chi connectivity index (χ1) is 9.94. The summed E-state index contributed by atoms with van der Waals surface area (Å²) in [6, 6.07) is 6.58. The average Bonchev–Trinajstić information content (AvgIpc) is 2.37. The molecular weight excluding hydrogens is 313 g/mol. The standard InChI is InChI=1S/C7H7ClN2O.C7H6ClNO/c1-5-2-6(8)3-7(10-5)4-9-11;1-5-2-6(8)3-7(4-10)9-5/h2-4,11H,1H3;2-4H,1H3/b9-4+;. The Morgan fingerprint density at radius 3 is 1.90 bits per heavy atom. The van der Waals surface area contributed by atoms with Gasteiger partial charge in [0, 0.05) is 21.4 Å². The second-order valence-corrected chi connectivity index (χ2v) is 4.94. The molecule has 7 heteroatoms. The van der Waals surface area contributed by atoms with Crippen molar-refractivity contribution in [2.24, 2.45) is 5.16 Å². The molecule has 0 saturated heterocycles. The van der Waals surface area contributed by atoms with Crippen LogP contribution in [0.5, 0.6) is 0 Å². The van der Waals surface area contributed by atoms with E-state index in [9.17, 15) is 4.79 Å².